The van der Waals surface area contributed by atoms with Gasteiger partial charge in [0.2, 0.25) is 15.9 Å². The first-order chi connectivity index (χ1) is 12.3. The molecule has 1 amide bonds. The van der Waals surface area contributed by atoms with Crippen LogP contribution < -0.4 is 10.1 Å². The second-order valence-corrected chi connectivity index (χ2v) is 7.73. The predicted molar refractivity (Wildman–Crippen MR) is 97.9 cm³/mol. The van der Waals surface area contributed by atoms with Crippen LogP contribution in [-0.4, -0.2) is 38.5 Å². The largest absolute Gasteiger partial charge is 0.497 e. The van der Waals surface area contributed by atoms with Gasteiger partial charge >= 0.3 is 0 Å². The van der Waals surface area contributed by atoms with Gasteiger partial charge in [-0.2, -0.15) is 4.31 Å². The Bertz CT molecular complexity index is 836. The van der Waals surface area contributed by atoms with E-state index in [0.717, 1.165) is 11.8 Å². The van der Waals surface area contributed by atoms with E-state index in [-0.39, 0.29) is 25.4 Å². The van der Waals surface area contributed by atoms with E-state index in [4.69, 9.17) is 4.74 Å². The summed E-state index contributed by atoms with van der Waals surface area (Å²) >= 11 is 0. The standard InChI is InChI=1S/C18H21FN2O4S/c1-25-17-9-3-14(4-10-17)13-21(26(2,23)24)12-11-18(22)20-16-7-5-15(19)6-8-16/h3-10H,11-13H2,1-2H3,(H,20,22). The van der Waals surface area contributed by atoms with Crippen LogP contribution in [0.25, 0.3) is 0 Å². The van der Waals surface area contributed by atoms with Crippen LogP contribution in [0.2, 0.25) is 0 Å². The molecule has 2 aromatic rings. The molecule has 0 bridgehead atoms. The number of amides is 1. The lowest BCUT2D eigenvalue weighted by Gasteiger charge is -2.20. The zero-order chi connectivity index (χ0) is 19.2. The second kappa shape index (κ2) is 8.77. The summed E-state index contributed by atoms with van der Waals surface area (Å²) in [6.07, 6.45) is 1.09. The third-order valence-corrected chi connectivity index (χ3v) is 4.95. The van der Waals surface area contributed by atoms with Gasteiger partial charge in [0.05, 0.1) is 13.4 Å². The first-order valence-corrected chi connectivity index (χ1v) is 9.76. The number of carbonyl (C=O) groups excluding carboxylic acids is 1. The van der Waals surface area contributed by atoms with Crippen molar-refractivity contribution in [1.82, 2.24) is 4.31 Å². The van der Waals surface area contributed by atoms with Gasteiger partial charge in [-0.15, -0.1) is 0 Å². The van der Waals surface area contributed by atoms with Crippen LogP contribution in [0.3, 0.4) is 0 Å². The molecule has 1 N–H and O–H groups in total. The molecule has 0 aromatic heterocycles. The minimum atomic E-state index is -3.48. The lowest BCUT2D eigenvalue weighted by molar-refractivity contribution is -0.116. The van der Waals surface area contributed by atoms with Crippen LogP contribution in [0.5, 0.6) is 5.75 Å². The molecule has 0 aliphatic rings. The molecule has 8 heteroatoms. The molecule has 2 aromatic carbocycles. The van der Waals surface area contributed by atoms with Gasteiger partial charge in [0.15, 0.2) is 0 Å². The number of anilines is 1. The van der Waals surface area contributed by atoms with Gasteiger partial charge in [0.1, 0.15) is 11.6 Å². The Balaban J connectivity index is 1.96. The Morgan fingerprint density at radius 2 is 1.73 bits per heavy atom. The van der Waals surface area contributed by atoms with Crippen molar-refractivity contribution in [2.45, 2.75) is 13.0 Å². The molecule has 0 fully saturated rings. The minimum Gasteiger partial charge on any atom is -0.497 e. The van der Waals surface area contributed by atoms with Crippen molar-refractivity contribution < 1.29 is 22.3 Å². The summed E-state index contributed by atoms with van der Waals surface area (Å²) in [6, 6.07) is 12.4. The fourth-order valence-electron chi connectivity index (χ4n) is 2.28. The Hall–Kier alpha value is -2.45. The van der Waals surface area contributed by atoms with Crippen LogP contribution in [-0.2, 0) is 21.4 Å². The summed E-state index contributed by atoms with van der Waals surface area (Å²) in [5.74, 6) is -0.0657. The third-order valence-electron chi connectivity index (χ3n) is 3.70. The van der Waals surface area contributed by atoms with Crippen molar-refractivity contribution >= 4 is 21.6 Å². The molecule has 0 heterocycles. The maximum atomic E-state index is 12.9. The molecule has 0 saturated carbocycles. The normalized spacial score (nSPS) is 11.4. The first kappa shape index (κ1) is 19.9. The molecule has 6 nitrogen and oxygen atoms in total. The second-order valence-electron chi connectivity index (χ2n) is 5.75. The van der Waals surface area contributed by atoms with Crippen LogP contribution in [0.1, 0.15) is 12.0 Å². The number of rotatable bonds is 8. The lowest BCUT2D eigenvalue weighted by atomic mass is 10.2. The van der Waals surface area contributed by atoms with Crippen LogP contribution >= 0.6 is 0 Å². The minimum absolute atomic E-state index is 0.0133. The zero-order valence-electron chi connectivity index (χ0n) is 14.6. The summed E-state index contributed by atoms with van der Waals surface area (Å²) in [5, 5.41) is 2.61. The SMILES string of the molecule is COc1ccc(CN(CCC(=O)Nc2ccc(F)cc2)S(C)(=O)=O)cc1. The Kier molecular flexibility index (Phi) is 6.70. The number of benzene rings is 2. The molecule has 0 radical (unpaired) electrons. The molecule has 0 aliphatic heterocycles. The smallest absolute Gasteiger partial charge is 0.225 e. The molecular weight excluding hydrogens is 359 g/mol. The topological polar surface area (TPSA) is 75.7 Å². The van der Waals surface area contributed by atoms with Gasteiger partial charge in [0, 0.05) is 25.2 Å². The fourth-order valence-corrected chi connectivity index (χ4v) is 3.09. The van der Waals surface area contributed by atoms with Gasteiger partial charge in [-0.3, -0.25) is 4.79 Å². The van der Waals surface area contributed by atoms with E-state index >= 15 is 0 Å². The average Bonchev–Trinajstić information content (AvgIpc) is 2.60. The molecular formula is C18H21FN2O4S. The lowest BCUT2D eigenvalue weighted by Crippen LogP contribution is -2.32. The van der Waals surface area contributed by atoms with Crippen molar-refractivity contribution in [3.8, 4) is 5.75 Å². The van der Waals surface area contributed by atoms with E-state index in [0.29, 0.717) is 11.4 Å². The molecule has 140 valence electrons. The van der Waals surface area contributed by atoms with Crippen molar-refractivity contribution in [1.29, 1.82) is 0 Å². The highest BCUT2D eigenvalue weighted by atomic mass is 32.2. The maximum Gasteiger partial charge on any atom is 0.225 e. The molecule has 0 saturated heterocycles. The molecule has 2 rings (SSSR count). The van der Waals surface area contributed by atoms with Crippen LogP contribution in [0, 0.1) is 5.82 Å². The number of hydrogen-bond acceptors (Lipinski definition) is 4. The van der Waals surface area contributed by atoms with Gasteiger partial charge in [-0.05, 0) is 42.0 Å². The van der Waals surface area contributed by atoms with Crippen molar-refractivity contribution in [2.75, 3.05) is 25.2 Å². The summed E-state index contributed by atoms with van der Waals surface area (Å²) in [7, 11) is -1.93. The fraction of sp³-hybridized carbons (Fsp3) is 0.278. The van der Waals surface area contributed by atoms with Gasteiger partial charge in [0.25, 0.3) is 0 Å². The maximum absolute atomic E-state index is 12.9. The van der Waals surface area contributed by atoms with Gasteiger partial charge in [-0.1, -0.05) is 12.1 Å². The number of hydrogen-bond donors (Lipinski definition) is 1. The quantitative estimate of drug-likeness (QED) is 0.764. The summed E-state index contributed by atoms with van der Waals surface area (Å²) in [5.41, 5.74) is 1.24. The number of ether oxygens (including phenoxy) is 1. The van der Waals surface area contributed by atoms with Crippen molar-refractivity contribution in [3.05, 3.63) is 59.9 Å². The van der Waals surface area contributed by atoms with Gasteiger partial charge < -0.3 is 10.1 Å². The highest BCUT2D eigenvalue weighted by Crippen LogP contribution is 2.15. The van der Waals surface area contributed by atoms with Gasteiger partial charge in [-0.25, -0.2) is 12.8 Å². The van der Waals surface area contributed by atoms with Crippen LogP contribution in [0.4, 0.5) is 10.1 Å². The molecule has 0 atom stereocenters. The number of nitrogens with zero attached hydrogens (tertiary/aromatic N) is 1. The highest BCUT2D eigenvalue weighted by molar-refractivity contribution is 7.88. The zero-order valence-corrected chi connectivity index (χ0v) is 15.4. The Labute approximate surface area is 152 Å². The van der Waals surface area contributed by atoms with E-state index in [2.05, 4.69) is 5.32 Å². The van der Waals surface area contributed by atoms with E-state index in [1.807, 2.05) is 0 Å². The Morgan fingerprint density at radius 3 is 2.27 bits per heavy atom. The monoisotopic (exact) mass is 380 g/mol. The van der Waals surface area contributed by atoms with E-state index < -0.39 is 15.8 Å². The molecule has 0 aliphatic carbocycles. The van der Waals surface area contributed by atoms with E-state index in [1.54, 1.807) is 31.4 Å². The number of nitrogens with one attached hydrogen (secondary N) is 1. The number of carbonyl (C=O) groups is 1. The number of methoxy groups -OCH3 is 1. The van der Waals surface area contributed by atoms with E-state index in [1.165, 1.54) is 28.6 Å². The molecule has 0 unspecified atom stereocenters. The van der Waals surface area contributed by atoms with Crippen molar-refractivity contribution in [3.63, 3.8) is 0 Å². The number of sulfonamides is 1. The molecule has 0 spiro atoms. The summed E-state index contributed by atoms with van der Waals surface area (Å²) in [4.78, 5) is 12.0. The molecule has 26 heavy (non-hydrogen) atoms. The van der Waals surface area contributed by atoms with E-state index in [9.17, 15) is 17.6 Å². The first-order valence-electron chi connectivity index (χ1n) is 7.91. The average molecular weight is 380 g/mol. The summed E-state index contributed by atoms with van der Waals surface area (Å²) < 4.78 is 43.2. The van der Waals surface area contributed by atoms with Crippen LogP contribution in [0.15, 0.2) is 48.5 Å². The predicted octanol–water partition coefficient (Wildman–Crippen LogP) is 2.62. The summed E-state index contributed by atoms with van der Waals surface area (Å²) in [6.45, 7) is 0.199. The third kappa shape index (κ3) is 6.12. The van der Waals surface area contributed by atoms with Crippen molar-refractivity contribution in [2.24, 2.45) is 0 Å². The highest BCUT2D eigenvalue weighted by Gasteiger charge is 2.18. The number of halogens is 1. The Morgan fingerprint density at radius 1 is 1.12 bits per heavy atom.